The van der Waals surface area contributed by atoms with Crippen LogP contribution in [0.25, 0.3) is 0 Å². The first kappa shape index (κ1) is 12.2. The summed E-state index contributed by atoms with van der Waals surface area (Å²) in [4.78, 5) is 8.64. The summed E-state index contributed by atoms with van der Waals surface area (Å²) in [5.74, 6) is 1.44. The molecule has 0 saturated heterocycles. The van der Waals surface area contributed by atoms with E-state index in [1.54, 1.807) is 6.20 Å². The third-order valence-corrected chi connectivity index (χ3v) is 3.03. The van der Waals surface area contributed by atoms with E-state index in [9.17, 15) is 0 Å². The van der Waals surface area contributed by atoms with E-state index in [0.717, 1.165) is 23.8 Å². The van der Waals surface area contributed by atoms with Crippen molar-refractivity contribution in [1.29, 1.82) is 0 Å². The first-order valence-corrected chi connectivity index (χ1v) is 5.58. The molecule has 1 aromatic rings. The molecule has 0 spiro atoms. The van der Waals surface area contributed by atoms with Gasteiger partial charge in [0.15, 0.2) is 0 Å². The van der Waals surface area contributed by atoms with Gasteiger partial charge in [-0.05, 0) is 19.3 Å². The number of hydrogen-bond donors (Lipinski definition) is 1. The Morgan fingerprint density at radius 1 is 1.33 bits per heavy atom. The van der Waals surface area contributed by atoms with E-state index in [0.29, 0.717) is 5.88 Å². The summed E-state index contributed by atoms with van der Waals surface area (Å²) in [5, 5.41) is 3.25. The Kier molecular flexibility index (Phi) is 3.91. The summed E-state index contributed by atoms with van der Waals surface area (Å²) in [6.07, 6.45) is 1.76. The second-order valence-corrected chi connectivity index (χ2v) is 4.84. The summed E-state index contributed by atoms with van der Waals surface area (Å²) in [5.41, 5.74) is 2.00. The second-order valence-electron chi connectivity index (χ2n) is 4.58. The van der Waals surface area contributed by atoms with Gasteiger partial charge >= 0.3 is 0 Å². The average molecular weight is 228 g/mol. The molecular weight excluding hydrogens is 210 g/mol. The van der Waals surface area contributed by atoms with Gasteiger partial charge in [-0.15, -0.1) is 11.6 Å². The van der Waals surface area contributed by atoms with Gasteiger partial charge in [0, 0.05) is 12.4 Å². The highest BCUT2D eigenvalue weighted by molar-refractivity contribution is 6.18. The first-order valence-electron chi connectivity index (χ1n) is 5.05. The first-order chi connectivity index (χ1) is 6.94. The molecule has 15 heavy (non-hydrogen) atoms. The van der Waals surface area contributed by atoms with Crippen LogP contribution in [0.1, 0.15) is 25.2 Å². The van der Waals surface area contributed by atoms with Gasteiger partial charge in [0.05, 0.1) is 17.6 Å². The van der Waals surface area contributed by atoms with E-state index < -0.39 is 0 Å². The molecule has 0 amide bonds. The summed E-state index contributed by atoms with van der Waals surface area (Å²) >= 11 is 5.84. The number of aromatic nitrogens is 2. The molecular formula is C11H18ClN3. The Hall–Kier alpha value is -0.830. The summed E-state index contributed by atoms with van der Waals surface area (Å²) in [6.45, 7) is 8.94. The van der Waals surface area contributed by atoms with Crippen molar-refractivity contribution in [2.45, 2.75) is 27.7 Å². The van der Waals surface area contributed by atoms with Gasteiger partial charge in [0.1, 0.15) is 5.82 Å². The quantitative estimate of drug-likeness (QED) is 0.804. The molecule has 0 radical (unpaired) electrons. The van der Waals surface area contributed by atoms with Crippen LogP contribution in [0.4, 0.5) is 5.82 Å². The Bertz CT molecular complexity index is 337. The van der Waals surface area contributed by atoms with Gasteiger partial charge in [-0.25, -0.2) is 4.98 Å². The van der Waals surface area contributed by atoms with Gasteiger partial charge < -0.3 is 5.32 Å². The molecule has 84 valence electrons. The van der Waals surface area contributed by atoms with Gasteiger partial charge in [-0.2, -0.15) is 0 Å². The van der Waals surface area contributed by atoms with Crippen molar-refractivity contribution >= 4 is 17.4 Å². The number of nitrogens with zero attached hydrogens (tertiary/aromatic N) is 2. The lowest BCUT2D eigenvalue weighted by Crippen LogP contribution is -2.25. The topological polar surface area (TPSA) is 37.8 Å². The van der Waals surface area contributed by atoms with E-state index in [2.05, 4.69) is 29.1 Å². The van der Waals surface area contributed by atoms with E-state index >= 15 is 0 Å². The van der Waals surface area contributed by atoms with Crippen molar-refractivity contribution in [2.24, 2.45) is 5.41 Å². The minimum absolute atomic E-state index is 0.0715. The molecule has 3 nitrogen and oxygen atoms in total. The largest absolute Gasteiger partial charge is 0.368 e. The lowest BCUT2D eigenvalue weighted by molar-refractivity contribution is 0.449. The fourth-order valence-electron chi connectivity index (χ4n) is 1.00. The fourth-order valence-corrected chi connectivity index (χ4v) is 1.10. The molecule has 1 rings (SSSR count). The Morgan fingerprint density at radius 2 is 2.00 bits per heavy atom. The smallest absolute Gasteiger partial charge is 0.144 e. The van der Waals surface area contributed by atoms with Crippen LogP contribution in [0, 0.1) is 19.3 Å². The van der Waals surface area contributed by atoms with Crippen LogP contribution >= 0.6 is 11.6 Å². The Morgan fingerprint density at radius 3 is 2.53 bits per heavy atom. The Balaban J connectivity index is 2.62. The molecule has 0 aromatic carbocycles. The maximum absolute atomic E-state index is 5.84. The van der Waals surface area contributed by atoms with Crippen molar-refractivity contribution in [1.82, 2.24) is 9.97 Å². The predicted molar refractivity (Wildman–Crippen MR) is 64.5 cm³/mol. The van der Waals surface area contributed by atoms with Crippen LogP contribution in [0.5, 0.6) is 0 Å². The standard InChI is InChI=1S/C11H18ClN3/c1-8-9(2)15-10(5-13-8)14-7-11(3,4)6-12/h5H,6-7H2,1-4H3,(H,14,15). The van der Waals surface area contributed by atoms with Crippen molar-refractivity contribution in [3.05, 3.63) is 17.6 Å². The van der Waals surface area contributed by atoms with Crippen LogP contribution < -0.4 is 5.32 Å². The molecule has 0 aliphatic heterocycles. The normalized spacial score (nSPS) is 11.5. The van der Waals surface area contributed by atoms with Crippen molar-refractivity contribution < 1.29 is 0 Å². The summed E-state index contributed by atoms with van der Waals surface area (Å²) < 4.78 is 0. The minimum atomic E-state index is 0.0715. The van der Waals surface area contributed by atoms with Gasteiger partial charge in [-0.3, -0.25) is 4.98 Å². The van der Waals surface area contributed by atoms with Crippen LogP contribution in [0.3, 0.4) is 0 Å². The lowest BCUT2D eigenvalue weighted by Gasteiger charge is -2.21. The predicted octanol–water partition coefficient (Wildman–Crippen LogP) is 2.77. The number of anilines is 1. The van der Waals surface area contributed by atoms with Crippen molar-refractivity contribution in [3.8, 4) is 0 Å². The number of halogens is 1. The monoisotopic (exact) mass is 227 g/mol. The molecule has 1 heterocycles. The lowest BCUT2D eigenvalue weighted by atomic mass is 9.97. The third-order valence-electron chi connectivity index (χ3n) is 2.30. The van der Waals surface area contributed by atoms with E-state index in [1.165, 1.54) is 0 Å². The molecule has 0 bridgehead atoms. The summed E-state index contributed by atoms with van der Waals surface area (Å²) in [7, 11) is 0. The van der Waals surface area contributed by atoms with Crippen LogP contribution in [0.2, 0.25) is 0 Å². The third kappa shape index (κ3) is 3.67. The highest BCUT2D eigenvalue weighted by Gasteiger charge is 2.16. The second kappa shape index (κ2) is 4.79. The van der Waals surface area contributed by atoms with Crippen molar-refractivity contribution in [2.75, 3.05) is 17.7 Å². The molecule has 1 N–H and O–H groups in total. The zero-order valence-electron chi connectivity index (χ0n) is 9.76. The summed E-state index contributed by atoms with van der Waals surface area (Å²) in [6, 6.07) is 0. The molecule has 0 fully saturated rings. The number of aryl methyl sites for hydroxylation is 2. The van der Waals surface area contributed by atoms with Gasteiger partial charge in [-0.1, -0.05) is 13.8 Å². The van der Waals surface area contributed by atoms with Gasteiger partial charge in [0.2, 0.25) is 0 Å². The highest BCUT2D eigenvalue weighted by Crippen LogP contribution is 2.17. The minimum Gasteiger partial charge on any atom is -0.368 e. The zero-order valence-corrected chi connectivity index (χ0v) is 10.5. The van der Waals surface area contributed by atoms with Crippen molar-refractivity contribution in [3.63, 3.8) is 0 Å². The fraction of sp³-hybridized carbons (Fsp3) is 0.636. The van der Waals surface area contributed by atoms with E-state index in [-0.39, 0.29) is 5.41 Å². The van der Waals surface area contributed by atoms with E-state index in [1.807, 2.05) is 13.8 Å². The molecule has 4 heteroatoms. The Labute approximate surface area is 96.3 Å². The molecule has 1 aromatic heterocycles. The van der Waals surface area contributed by atoms with Gasteiger partial charge in [0.25, 0.3) is 0 Å². The zero-order chi connectivity index (χ0) is 11.5. The van der Waals surface area contributed by atoms with Crippen LogP contribution in [0.15, 0.2) is 6.20 Å². The highest BCUT2D eigenvalue weighted by atomic mass is 35.5. The molecule has 0 unspecified atom stereocenters. The number of alkyl halides is 1. The van der Waals surface area contributed by atoms with E-state index in [4.69, 9.17) is 11.6 Å². The SMILES string of the molecule is Cc1ncc(NCC(C)(C)CCl)nc1C. The maximum atomic E-state index is 5.84. The molecule has 0 aliphatic carbocycles. The van der Waals surface area contributed by atoms with Crippen LogP contribution in [-0.2, 0) is 0 Å². The molecule has 0 atom stereocenters. The maximum Gasteiger partial charge on any atom is 0.144 e. The molecule has 0 saturated carbocycles. The molecule has 0 aliphatic rings. The number of rotatable bonds is 4. The average Bonchev–Trinajstić information content (AvgIpc) is 2.20. The number of nitrogens with one attached hydrogen (secondary N) is 1. The number of hydrogen-bond acceptors (Lipinski definition) is 3. The van der Waals surface area contributed by atoms with Crippen LogP contribution in [-0.4, -0.2) is 22.4 Å².